The molecule has 2 aromatic rings. The second kappa shape index (κ2) is 10.5. The highest BCUT2D eigenvalue weighted by Gasteiger charge is 2.49. The molecule has 200 valence electrons. The minimum atomic E-state index is -1.13. The fraction of sp³-hybridized carbons (Fsp3) is 0.414. The van der Waals surface area contributed by atoms with Gasteiger partial charge in [-0.1, -0.05) is 30.3 Å². The minimum Gasteiger partial charge on any atom is -0.457 e. The first-order valence-electron chi connectivity index (χ1n) is 13.2. The van der Waals surface area contributed by atoms with Gasteiger partial charge in [-0.3, -0.25) is 14.5 Å². The van der Waals surface area contributed by atoms with Crippen LogP contribution >= 0.6 is 0 Å². The molecule has 9 heteroatoms. The zero-order chi connectivity index (χ0) is 26.9. The molecule has 3 heterocycles. The quantitative estimate of drug-likeness (QED) is 0.555. The van der Waals surface area contributed by atoms with Crippen molar-refractivity contribution >= 4 is 17.8 Å². The van der Waals surface area contributed by atoms with Gasteiger partial charge in [0.2, 0.25) is 5.91 Å². The van der Waals surface area contributed by atoms with Crippen LogP contribution in [0.3, 0.4) is 0 Å². The Balaban J connectivity index is 1.41. The van der Waals surface area contributed by atoms with Gasteiger partial charge in [0.15, 0.2) is 0 Å². The zero-order valence-electron chi connectivity index (χ0n) is 22.0. The molecule has 2 aromatic carbocycles. The molecule has 0 bridgehead atoms. The number of ether oxygens (including phenoxy) is 2. The van der Waals surface area contributed by atoms with Crippen LogP contribution < -0.4 is 15.4 Å². The first kappa shape index (κ1) is 25.8. The van der Waals surface area contributed by atoms with E-state index >= 15 is 0 Å². The maximum atomic E-state index is 13.9. The van der Waals surface area contributed by atoms with Crippen LogP contribution in [0.4, 0.5) is 4.79 Å². The van der Waals surface area contributed by atoms with E-state index in [0.29, 0.717) is 42.5 Å². The number of nitrogens with zero attached hydrogens (tertiary/aromatic N) is 2. The molecular weight excluding hydrogens is 484 g/mol. The van der Waals surface area contributed by atoms with Gasteiger partial charge in [0.25, 0.3) is 5.91 Å². The van der Waals surface area contributed by atoms with Gasteiger partial charge in [0, 0.05) is 19.7 Å². The topological polar surface area (TPSA) is 100 Å². The number of rotatable bonds is 8. The van der Waals surface area contributed by atoms with Crippen LogP contribution in [0, 0.1) is 0 Å². The van der Waals surface area contributed by atoms with Crippen molar-refractivity contribution in [2.45, 2.75) is 51.3 Å². The largest absolute Gasteiger partial charge is 0.457 e. The Morgan fingerprint density at radius 3 is 2.61 bits per heavy atom. The second-order valence-electron chi connectivity index (χ2n) is 10.3. The molecule has 0 aliphatic carbocycles. The monoisotopic (exact) mass is 518 g/mol. The van der Waals surface area contributed by atoms with Crippen LogP contribution in [-0.2, 0) is 14.3 Å². The number of hydrogen-bond acceptors (Lipinski definition) is 5. The van der Waals surface area contributed by atoms with Crippen LogP contribution in [0.5, 0.6) is 11.5 Å². The van der Waals surface area contributed by atoms with E-state index in [1.54, 1.807) is 23.6 Å². The van der Waals surface area contributed by atoms with Gasteiger partial charge in [-0.15, -0.1) is 0 Å². The van der Waals surface area contributed by atoms with Crippen molar-refractivity contribution in [2.24, 2.45) is 0 Å². The van der Waals surface area contributed by atoms with E-state index in [-0.39, 0.29) is 30.5 Å². The summed E-state index contributed by atoms with van der Waals surface area (Å²) >= 11 is 0. The molecule has 3 aliphatic heterocycles. The lowest BCUT2D eigenvalue weighted by molar-refractivity contribution is -0.142. The Kier molecular flexibility index (Phi) is 7.12. The molecule has 1 saturated heterocycles. The Labute approximate surface area is 222 Å². The first-order chi connectivity index (χ1) is 18.3. The summed E-state index contributed by atoms with van der Waals surface area (Å²) in [6.07, 6.45) is 1.90. The standard InChI is InChI=1S/C29H34N4O5/c1-4-32-23-18-33(29(2,3)27(35)30-17-22-14-9-15-37-22)26(34)24(23)25(31-28(32)36)19-10-8-13-21(16-19)38-20-11-6-5-7-12-20/h5-8,10-13,16,22,25H,4,9,14-15,17-18H2,1-3H3,(H,30,35)(H,31,36)/t22-,25+/m1/s1. The van der Waals surface area contributed by atoms with Crippen LogP contribution in [0.2, 0.25) is 0 Å². The summed E-state index contributed by atoms with van der Waals surface area (Å²) in [7, 11) is 0. The summed E-state index contributed by atoms with van der Waals surface area (Å²) < 4.78 is 11.6. The fourth-order valence-electron chi connectivity index (χ4n) is 5.26. The van der Waals surface area contributed by atoms with Crippen molar-refractivity contribution in [1.29, 1.82) is 0 Å². The number of likely N-dealkylation sites (N-methyl/N-ethyl adjacent to an activating group) is 1. The van der Waals surface area contributed by atoms with Gasteiger partial charge < -0.3 is 25.0 Å². The Morgan fingerprint density at radius 2 is 1.89 bits per heavy atom. The SMILES string of the molecule is CCN1C(=O)N[C@@H](c2cccc(Oc3ccccc3)c2)C2=C1CN(C(C)(C)C(=O)NC[C@H]1CCCO1)C2=O. The average molecular weight is 519 g/mol. The number of carbonyl (C=O) groups excluding carboxylic acids is 3. The van der Waals surface area contributed by atoms with E-state index in [2.05, 4.69) is 10.6 Å². The van der Waals surface area contributed by atoms with Gasteiger partial charge in [0.1, 0.15) is 17.0 Å². The van der Waals surface area contributed by atoms with E-state index < -0.39 is 11.6 Å². The normalized spacial score (nSPS) is 21.4. The maximum absolute atomic E-state index is 13.9. The first-order valence-corrected chi connectivity index (χ1v) is 13.2. The van der Waals surface area contributed by atoms with Gasteiger partial charge in [-0.05, 0) is 63.4 Å². The highest BCUT2D eigenvalue weighted by molar-refractivity contribution is 6.04. The third-order valence-electron chi connectivity index (χ3n) is 7.45. The van der Waals surface area contributed by atoms with Gasteiger partial charge >= 0.3 is 6.03 Å². The molecule has 3 aliphatic rings. The molecule has 4 amide bonds. The fourth-order valence-corrected chi connectivity index (χ4v) is 5.26. The predicted molar refractivity (Wildman–Crippen MR) is 141 cm³/mol. The molecule has 0 unspecified atom stereocenters. The van der Waals surface area contributed by atoms with Crippen molar-refractivity contribution in [3.05, 3.63) is 71.4 Å². The number of hydrogen-bond donors (Lipinski definition) is 2. The van der Waals surface area contributed by atoms with E-state index in [9.17, 15) is 14.4 Å². The number of urea groups is 1. The molecule has 9 nitrogen and oxygen atoms in total. The van der Waals surface area contributed by atoms with Crippen molar-refractivity contribution < 1.29 is 23.9 Å². The summed E-state index contributed by atoms with van der Waals surface area (Å²) in [5, 5.41) is 5.96. The molecule has 2 N–H and O–H groups in total. The molecule has 1 fully saturated rings. The molecule has 0 aromatic heterocycles. The number of amides is 4. The lowest BCUT2D eigenvalue weighted by Crippen LogP contribution is -2.57. The number of carbonyl (C=O) groups is 3. The summed E-state index contributed by atoms with van der Waals surface area (Å²) in [5.41, 5.74) is 0.702. The van der Waals surface area contributed by atoms with Crippen molar-refractivity contribution in [3.63, 3.8) is 0 Å². The van der Waals surface area contributed by atoms with E-state index in [4.69, 9.17) is 9.47 Å². The van der Waals surface area contributed by atoms with Crippen molar-refractivity contribution in [3.8, 4) is 11.5 Å². The van der Waals surface area contributed by atoms with Crippen LogP contribution in [0.25, 0.3) is 0 Å². The summed E-state index contributed by atoms with van der Waals surface area (Å²) in [6, 6.07) is 15.8. The minimum absolute atomic E-state index is 0.00234. The lowest BCUT2D eigenvalue weighted by Gasteiger charge is -2.35. The molecule has 5 rings (SSSR count). The molecule has 38 heavy (non-hydrogen) atoms. The van der Waals surface area contributed by atoms with Gasteiger partial charge in [-0.2, -0.15) is 0 Å². The predicted octanol–water partition coefficient (Wildman–Crippen LogP) is 3.74. The molecular formula is C29H34N4O5. The average Bonchev–Trinajstić information content (AvgIpc) is 3.56. The molecule has 0 spiro atoms. The van der Waals surface area contributed by atoms with Crippen LogP contribution in [-0.4, -0.2) is 65.5 Å². The van der Waals surface area contributed by atoms with Crippen molar-refractivity contribution in [1.82, 2.24) is 20.4 Å². The number of nitrogens with one attached hydrogen (secondary N) is 2. The van der Waals surface area contributed by atoms with Crippen LogP contribution in [0.15, 0.2) is 65.9 Å². The van der Waals surface area contributed by atoms with Crippen molar-refractivity contribution in [2.75, 3.05) is 26.2 Å². The zero-order valence-corrected chi connectivity index (χ0v) is 22.0. The Hall–Kier alpha value is -3.85. The van der Waals surface area contributed by atoms with Gasteiger partial charge in [0.05, 0.1) is 30.0 Å². The summed E-state index contributed by atoms with van der Waals surface area (Å²) in [5.74, 6) is 0.765. The van der Waals surface area contributed by atoms with E-state index in [1.165, 1.54) is 0 Å². The summed E-state index contributed by atoms with van der Waals surface area (Å²) in [6.45, 7) is 7.04. The number of benzene rings is 2. The number of para-hydroxylation sites is 1. The maximum Gasteiger partial charge on any atom is 0.322 e. The molecule has 0 saturated carbocycles. The highest BCUT2D eigenvalue weighted by atomic mass is 16.5. The third-order valence-corrected chi connectivity index (χ3v) is 7.45. The third kappa shape index (κ3) is 4.86. The van der Waals surface area contributed by atoms with Gasteiger partial charge in [-0.25, -0.2) is 4.79 Å². The lowest BCUT2D eigenvalue weighted by atomic mass is 9.95. The Morgan fingerprint density at radius 1 is 1.13 bits per heavy atom. The summed E-state index contributed by atoms with van der Waals surface area (Å²) in [4.78, 5) is 43.4. The highest BCUT2D eigenvalue weighted by Crippen LogP contribution is 2.39. The van der Waals surface area contributed by atoms with E-state index in [0.717, 1.165) is 18.4 Å². The molecule has 0 radical (unpaired) electrons. The Bertz CT molecular complexity index is 1250. The molecule has 2 atom stereocenters. The van der Waals surface area contributed by atoms with E-state index in [1.807, 2.05) is 61.5 Å². The van der Waals surface area contributed by atoms with Crippen LogP contribution in [0.1, 0.15) is 45.2 Å². The smallest absolute Gasteiger partial charge is 0.322 e. The second-order valence-corrected chi connectivity index (χ2v) is 10.3.